The molecule has 2 N–H and O–H groups in total. The van der Waals surface area contributed by atoms with Crippen LogP contribution in [0.25, 0.3) is 0 Å². The summed E-state index contributed by atoms with van der Waals surface area (Å²) in [6.45, 7) is 1.90. The van der Waals surface area contributed by atoms with E-state index >= 15 is 0 Å². The molecule has 25 heavy (non-hydrogen) atoms. The Morgan fingerprint density at radius 2 is 2.20 bits per heavy atom. The molecule has 0 saturated carbocycles. The van der Waals surface area contributed by atoms with Crippen molar-refractivity contribution in [2.24, 2.45) is 0 Å². The highest BCUT2D eigenvalue weighted by Gasteiger charge is 2.27. The maximum absolute atomic E-state index is 12.5. The van der Waals surface area contributed by atoms with E-state index in [9.17, 15) is 14.3 Å². The number of phenols is 1. The zero-order chi connectivity index (χ0) is 18.4. The van der Waals surface area contributed by atoms with Gasteiger partial charge in [0.1, 0.15) is 5.56 Å². The van der Waals surface area contributed by atoms with Crippen molar-refractivity contribution in [3.8, 4) is 11.5 Å². The molecule has 1 saturated heterocycles. The first-order valence-electron chi connectivity index (χ1n) is 8.32. The van der Waals surface area contributed by atoms with E-state index in [-0.39, 0.29) is 39.8 Å². The van der Waals surface area contributed by atoms with Gasteiger partial charge in [0, 0.05) is 12.6 Å². The number of nitrogens with zero attached hydrogens (tertiary/aromatic N) is 1. The number of halogens is 3. The van der Waals surface area contributed by atoms with Crippen molar-refractivity contribution in [2.45, 2.75) is 31.7 Å². The minimum atomic E-state index is -0.491. The van der Waals surface area contributed by atoms with Gasteiger partial charge < -0.3 is 15.2 Å². The average molecular weight is 392 g/mol. The Hall–Kier alpha value is -1.24. The van der Waals surface area contributed by atoms with Crippen molar-refractivity contribution in [3.63, 3.8) is 0 Å². The summed E-state index contributed by atoms with van der Waals surface area (Å²) in [7, 11) is 1.37. The van der Waals surface area contributed by atoms with Crippen molar-refractivity contribution < 1.29 is 19.0 Å². The third-order valence-corrected chi connectivity index (χ3v) is 4.99. The summed E-state index contributed by atoms with van der Waals surface area (Å²) in [6.07, 6.45) is 3.38. The highest BCUT2D eigenvalue weighted by atomic mass is 35.5. The first-order valence-corrected chi connectivity index (χ1v) is 9.08. The van der Waals surface area contributed by atoms with Gasteiger partial charge in [-0.05, 0) is 44.8 Å². The van der Waals surface area contributed by atoms with Crippen LogP contribution in [0.3, 0.4) is 0 Å². The third kappa shape index (κ3) is 4.90. The summed E-state index contributed by atoms with van der Waals surface area (Å²) in [6, 6.07) is 1.53. The first-order chi connectivity index (χ1) is 12.0. The Morgan fingerprint density at radius 3 is 2.88 bits per heavy atom. The Kier molecular flexibility index (Phi) is 7.59. The van der Waals surface area contributed by atoms with E-state index in [2.05, 4.69) is 10.2 Å². The number of hydrogen-bond acceptors (Lipinski definition) is 4. The lowest BCUT2D eigenvalue weighted by Crippen LogP contribution is -2.40. The summed E-state index contributed by atoms with van der Waals surface area (Å²) in [5.74, 6) is -0.756. The van der Waals surface area contributed by atoms with Crippen LogP contribution in [0, 0.1) is 0 Å². The molecule has 2 rings (SSSR count). The second-order valence-electron chi connectivity index (χ2n) is 6.04. The number of methoxy groups -OCH3 is 1. The van der Waals surface area contributed by atoms with Gasteiger partial charge in [-0.25, -0.2) is 0 Å². The molecule has 0 aliphatic carbocycles. The number of unbranched alkanes of at least 4 members (excludes halogenated alkanes) is 1. The number of aromatic hydroxyl groups is 1. The van der Waals surface area contributed by atoms with Gasteiger partial charge >= 0.3 is 0 Å². The number of amides is 1. The van der Waals surface area contributed by atoms with Gasteiger partial charge in [-0.15, -0.1) is 0 Å². The zero-order valence-electron chi connectivity index (χ0n) is 14.2. The van der Waals surface area contributed by atoms with E-state index in [1.807, 2.05) is 0 Å². The minimum Gasteiger partial charge on any atom is -0.505 e. The maximum Gasteiger partial charge on any atom is 0.259 e. The van der Waals surface area contributed by atoms with Crippen molar-refractivity contribution in [3.05, 3.63) is 21.7 Å². The maximum atomic E-state index is 12.5. The normalized spacial score (nSPS) is 17.7. The molecule has 140 valence electrons. The Labute approximate surface area is 157 Å². The fraction of sp³-hybridized carbons (Fsp3) is 0.588. The average Bonchev–Trinajstić information content (AvgIpc) is 3.03. The third-order valence-electron chi connectivity index (χ3n) is 4.42. The SMILES string of the molecule is COc1c(Cl)cc(Cl)c(O)c1C(=O)NC[C@@H]1CCCN1CCCC[18F]. The predicted octanol–water partition coefficient (Wildman–Crippen LogP) is 3.65. The molecule has 0 aromatic heterocycles. The highest BCUT2D eigenvalue weighted by Crippen LogP contribution is 2.40. The second kappa shape index (κ2) is 9.46. The number of carbonyl (C=O) groups is 1. The lowest BCUT2D eigenvalue weighted by Gasteiger charge is -2.24. The van der Waals surface area contributed by atoms with Gasteiger partial charge in [0.05, 0.1) is 23.8 Å². The van der Waals surface area contributed by atoms with Crippen LogP contribution in [0.2, 0.25) is 10.0 Å². The molecule has 5 nitrogen and oxygen atoms in total. The van der Waals surface area contributed by atoms with Gasteiger partial charge in [-0.1, -0.05) is 23.2 Å². The number of ether oxygens (including phenoxy) is 1. The molecule has 1 aliphatic heterocycles. The topological polar surface area (TPSA) is 61.8 Å². The van der Waals surface area contributed by atoms with E-state index in [0.717, 1.165) is 32.4 Å². The molecule has 0 bridgehead atoms. The summed E-state index contributed by atoms with van der Waals surface area (Å²) in [4.78, 5) is 14.8. The molecule has 1 aliphatic rings. The van der Waals surface area contributed by atoms with Crippen LogP contribution in [0.4, 0.5) is 4.39 Å². The molecule has 1 fully saturated rings. The van der Waals surface area contributed by atoms with Crippen LogP contribution in [0.1, 0.15) is 36.0 Å². The summed E-state index contributed by atoms with van der Waals surface area (Å²) in [5, 5.41) is 13.1. The largest absolute Gasteiger partial charge is 0.505 e. The van der Waals surface area contributed by atoms with Gasteiger partial charge in [0.15, 0.2) is 11.5 Å². The molecule has 1 atom stereocenters. The van der Waals surface area contributed by atoms with Gasteiger partial charge in [0.25, 0.3) is 5.91 Å². The Balaban J connectivity index is 2.03. The fourth-order valence-corrected chi connectivity index (χ4v) is 3.67. The van der Waals surface area contributed by atoms with Gasteiger partial charge in [0.2, 0.25) is 0 Å². The molecule has 0 radical (unpaired) electrons. The summed E-state index contributed by atoms with van der Waals surface area (Å²) >= 11 is 11.9. The van der Waals surface area contributed by atoms with Crippen LogP contribution in [-0.2, 0) is 0 Å². The lowest BCUT2D eigenvalue weighted by molar-refractivity contribution is 0.0934. The van der Waals surface area contributed by atoms with Crippen molar-refractivity contribution in [1.82, 2.24) is 10.2 Å². The predicted molar refractivity (Wildman–Crippen MR) is 96.8 cm³/mol. The molecular weight excluding hydrogens is 369 g/mol. The zero-order valence-corrected chi connectivity index (χ0v) is 15.7. The first kappa shape index (κ1) is 20.1. The highest BCUT2D eigenvalue weighted by molar-refractivity contribution is 6.37. The van der Waals surface area contributed by atoms with Crippen molar-refractivity contribution >= 4 is 29.1 Å². The van der Waals surface area contributed by atoms with Crippen molar-refractivity contribution in [2.75, 3.05) is 33.4 Å². The lowest BCUT2D eigenvalue weighted by atomic mass is 10.1. The fourth-order valence-electron chi connectivity index (χ4n) is 3.13. The molecule has 0 unspecified atom stereocenters. The summed E-state index contributed by atoms with van der Waals surface area (Å²) in [5.41, 5.74) is -0.0676. The van der Waals surface area contributed by atoms with Gasteiger partial charge in [-0.2, -0.15) is 0 Å². The van der Waals surface area contributed by atoms with Crippen molar-refractivity contribution in [1.29, 1.82) is 0 Å². The van der Waals surface area contributed by atoms with Crippen LogP contribution in [-0.4, -0.2) is 55.4 Å². The second-order valence-corrected chi connectivity index (χ2v) is 6.85. The number of nitrogens with one attached hydrogen (secondary N) is 1. The Bertz CT molecular complexity index is 616. The van der Waals surface area contributed by atoms with Crippen LogP contribution >= 0.6 is 23.2 Å². The number of likely N-dealkylation sites (tertiary alicyclic amines) is 1. The van der Waals surface area contributed by atoms with Crippen LogP contribution in [0.15, 0.2) is 6.07 Å². The number of hydrogen-bond donors (Lipinski definition) is 2. The number of carbonyl (C=O) groups excluding carboxylic acids is 1. The minimum absolute atomic E-state index is 0.00957. The number of benzene rings is 1. The smallest absolute Gasteiger partial charge is 0.259 e. The molecule has 1 aromatic rings. The number of alkyl halides is 1. The Morgan fingerprint density at radius 1 is 1.44 bits per heavy atom. The monoisotopic (exact) mass is 391 g/mol. The molecular formula is C17H23Cl2FN2O3. The van der Waals surface area contributed by atoms with E-state index in [0.29, 0.717) is 13.0 Å². The number of phenolic OH excluding ortho intramolecular Hbond substituents is 1. The quantitative estimate of drug-likeness (QED) is 0.663. The molecule has 1 amide bonds. The van der Waals surface area contributed by atoms with Crippen LogP contribution in [0.5, 0.6) is 11.5 Å². The summed E-state index contributed by atoms with van der Waals surface area (Å²) < 4.78 is 17.4. The molecule has 0 spiro atoms. The van der Waals surface area contributed by atoms with Crippen LogP contribution < -0.4 is 10.1 Å². The van der Waals surface area contributed by atoms with E-state index in [4.69, 9.17) is 27.9 Å². The van der Waals surface area contributed by atoms with E-state index in [1.165, 1.54) is 13.2 Å². The molecule has 8 heteroatoms. The van der Waals surface area contributed by atoms with E-state index < -0.39 is 5.91 Å². The standard InChI is InChI=1S/C17H23Cl2FN2O3/c1-25-16-13(19)9-12(18)15(23)14(16)17(24)21-10-11-5-4-8-22(11)7-3-2-6-20/h9,11,23H,2-8,10H2,1H3,(H,21,24)/t11-/m0/s1/i20-1. The van der Waals surface area contributed by atoms with Gasteiger partial charge in [-0.3, -0.25) is 14.1 Å². The molecule has 1 heterocycles. The van der Waals surface area contributed by atoms with E-state index in [1.54, 1.807) is 0 Å². The molecule has 1 aromatic carbocycles. The number of rotatable bonds is 8.